The van der Waals surface area contributed by atoms with Crippen LogP contribution >= 0.6 is 0 Å². The summed E-state index contributed by atoms with van der Waals surface area (Å²) in [6.07, 6.45) is 0.198. The Kier molecular flexibility index (Phi) is 5.31. The van der Waals surface area contributed by atoms with Gasteiger partial charge in [-0.05, 0) is 34.1 Å². The number of ether oxygens (including phenoxy) is 3. The average molecular weight is 336 g/mol. The number of carbonyl (C=O) groups excluding carboxylic acids is 2. The van der Waals surface area contributed by atoms with E-state index in [-0.39, 0.29) is 18.8 Å². The minimum absolute atomic E-state index is 0.179. The van der Waals surface area contributed by atoms with Gasteiger partial charge < -0.3 is 19.1 Å². The van der Waals surface area contributed by atoms with E-state index in [1.807, 2.05) is 20.8 Å². The first-order valence-electron chi connectivity index (χ1n) is 7.97. The molecule has 0 saturated carbocycles. The molecule has 24 heavy (non-hydrogen) atoms. The molecule has 7 nitrogen and oxygen atoms in total. The molecule has 2 rings (SSSR count). The Bertz CT molecular complexity index is 637. The summed E-state index contributed by atoms with van der Waals surface area (Å²) in [5.41, 5.74) is 1.16. The summed E-state index contributed by atoms with van der Waals surface area (Å²) in [6.45, 7) is 8.25. The maximum atomic E-state index is 12.3. The number of hydrogen-bond acceptors (Lipinski definition) is 6. The van der Waals surface area contributed by atoms with Gasteiger partial charge in [0.25, 0.3) is 0 Å². The molecule has 0 fully saturated rings. The zero-order valence-electron chi connectivity index (χ0n) is 14.8. The highest BCUT2D eigenvalue weighted by Gasteiger charge is 2.29. The van der Waals surface area contributed by atoms with Crippen molar-refractivity contribution in [2.24, 2.45) is 0 Å². The van der Waals surface area contributed by atoms with Crippen molar-refractivity contribution in [2.45, 2.75) is 46.3 Å². The number of hydrogen-bond donors (Lipinski definition) is 0. The van der Waals surface area contributed by atoms with E-state index in [0.29, 0.717) is 24.4 Å². The van der Waals surface area contributed by atoms with Gasteiger partial charge in [0.1, 0.15) is 11.4 Å². The fourth-order valence-corrected chi connectivity index (χ4v) is 2.48. The molecule has 0 atom stereocenters. The van der Waals surface area contributed by atoms with Crippen LogP contribution in [0.1, 0.15) is 49.4 Å². The Balaban J connectivity index is 2.27. The summed E-state index contributed by atoms with van der Waals surface area (Å²) in [5.74, 6) is 0.0832. The number of amides is 1. The van der Waals surface area contributed by atoms with Gasteiger partial charge in [0.15, 0.2) is 5.69 Å². The van der Waals surface area contributed by atoms with Crippen molar-refractivity contribution in [2.75, 3.05) is 20.3 Å². The molecule has 0 spiro atoms. The quantitative estimate of drug-likeness (QED) is 0.790. The number of carbonyl (C=O) groups is 2. The molecule has 0 aliphatic carbocycles. The Morgan fingerprint density at radius 2 is 2.04 bits per heavy atom. The van der Waals surface area contributed by atoms with E-state index in [0.717, 1.165) is 5.56 Å². The Morgan fingerprint density at radius 1 is 1.33 bits per heavy atom. The van der Waals surface area contributed by atoms with Crippen LogP contribution in [0.5, 0.6) is 5.75 Å². The standard InChI is InChI=1S/C17H24N2O5/c1-6-23-15(20)12-9-14(22-5)11-7-8-19(10-13(11)18-12)16(21)24-17(2,3)4/h9H,6-8,10H2,1-5H3. The zero-order valence-corrected chi connectivity index (χ0v) is 14.8. The van der Waals surface area contributed by atoms with Crippen molar-refractivity contribution < 1.29 is 23.8 Å². The topological polar surface area (TPSA) is 78.0 Å². The fraction of sp³-hybridized carbons (Fsp3) is 0.588. The number of nitrogens with zero attached hydrogens (tertiary/aromatic N) is 2. The van der Waals surface area contributed by atoms with Crippen LogP contribution in [0.3, 0.4) is 0 Å². The van der Waals surface area contributed by atoms with Crippen molar-refractivity contribution in [3.63, 3.8) is 0 Å². The minimum Gasteiger partial charge on any atom is -0.496 e. The van der Waals surface area contributed by atoms with Crippen molar-refractivity contribution in [1.82, 2.24) is 9.88 Å². The molecule has 1 aromatic heterocycles. The van der Waals surface area contributed by atoms with Crippen LogP contribution < -0.4 is 4.74 Å². The predicted octanol–water partition coefficient (Wildman–Crippen LogP) is 2.56. The van der Waals surface area contributed by atoms with Crippen molar-refractivity contribution >= 4 is 12.1 Å². The molecule has 1 aromatic rings. The van der Waals surface area contributed by atoms with E-state index in [2.05, 4.69) is 4.98 Å². The summed E-state index contributed by atoms with van der Waals surface area (Å²) < 4.78 is 15.8. The number of esters is 1. The normalized spacial score (nSPS) is 14.0. The highest BCUT2D eigenvalue weighted by Crippen LogP contribution is 2.28. The number of pyridine rings is 1. The number of methoxy groups -OCH3 is 1. The highest BCUT2D eigenvalue weighted by molar-refractivity contribution is 5.88. The molecule has 0 bridgehead atoms. The van der Waals surface area contributed by atoms with Crippen molar-refractivity contribution in [3.8, 4) is 5.75 Å². The SMILES string of the molecule is CCOC(=O)c1cc(OC)c2c(n1)CN(C(=O)OC(C)(C)C)CC2. The number of aromatic nitrogens is 1. The fourth-order valence-electron chi connectivity index (χ4n) is 2.48. The van der Waals surface area contributed by atoms with Crippen LogP contribution in [0.25, 0.3) is 0 Å². The van der Waals surface area contributed by atoms with Crippen molar-refractivity contribution in [3.05, 3.63) is 23.0 Å². The van der Waals surface area contributed by atoms with E-state index < -0.39 is 17.7 Å². The van der Waals surface area contributed by atoms with Gasteiger partial charge in [-0.15, -0.1) is 0 Å². The summed E-state index contributed by atoms with van der Waals surface area (Å²) >= 11 is 0. The predicted molar refractivity (Wildman–Crippen MR) is 87.1 cm³/mol. The molecule has 0 radical (unpaired) electrons. The lowest BCUT2D eigenvalue weighted by Gasteiger charge is -2.31. The summed E-state index contributed by atoms with van der Waals surface area (Å²) in [6, 6.07) is 1.58. The molecule has 2 heterocycles. The first kappa shape index (κ1) is 18.0. The third-order valence-electron chi connectivity index (χ3n) is 3.50. The van der Waals surface area contributed by atoms with Gasteiger partial charge in [-0.1, -0.05) is 0 Å². The molecule has 0 aromatic carbocycles. The molecule has 1 amide bonds. The monoisotopic (exact) mass is 336 g/mol. The lowest BCUT2D eigenvalue weighted by Crippen LogP contribution is -2.40. The van der Waals surface area contributed by atoms with E-state index in [4.69, 9.17) is 14.2 Å². The molecule has 7 heteroatoms. The zero-order chi connectivity index (χ0) is 17.9. The lowest BCUT2D eigenvalue weighted by atomic mass is 10.0. The molecular weight excluding hydrogens is 312 g/mol. The summed E-state index contributed by atoms with van der Waals surface area (Å²) in [4.78, 5) is 30.2. The second kappa shape index (κ2) is 7.07. The summed E-state index contributed by atoms with van der Waals surface area (Å²) in [5, 5.41) is 0. The molecule has 132 valence electrons. The third kappa shape index (κ3) is 4.15. The van der Waals surface area contributed by atoms with Gasteiger partial charge in [-0.25, -0.2) is 14.6 Å². The van der Waals surface area contributed by atoms with Gasteiger partial charge in [-0.2, -0.15) is 0 Å². The van der Waals surface area contributed by atoms with Gasteiger partial charge in [0.2, 0.25) is 0 Å². The van der Waals surface area contributed by atoms with Gasteiger partial charge in [-0.3, -0.25) is 0 Å². The van der Waals surface area contributed by atoms with Gasteiger partial charge in [0, 0.05) is 18.2 Å². The van der Waals surface area contributed by atoms with E-state index in [9.17, 15) is 9.59 Å². The molecule has 1 aliphatic heterocycles. The molecular formula is C17H24N2O5. The Hall–Kier alpha value is -2.31. The first-order valence-corrected chi connectivity index (χ1v) is 7.97. The minimum atomic E-state index is -0.560. The Labute approximate surface area is 141 Å². The number of fused-ring (bicyclic) bond motifs is 1. The second-order valence-electron chi connectivity index (χ2n) is 6.51. The van der Waals surface area contributed by atoms with E-state index >= 15 is 0 Å². The molecule has 1 aliphatic rings. The van der Waals surface area contributed by atoms with Crippen LogP contribution in [0.15, 0.2) is 6.07 Å². The second-order valence-corrected chi connectivity index (χ2v) is 6.51. The third-order valence-corrected chi connectivity index (χ3v) is 3.50. The lowest BCUT2D eigenvalue weighted by molar-refractivity contribution is 0.0220. The van der Waals surface area contributed by atoms with Crippen LogP contribution in [-0.2, 0) is 22.4 Å². The van der Waals surface area contributed by atoms with Crippen LogP contribution in [0, 0.1) is 0 Å². The Morgan fingerprint density at radius 3 is 2.62 bits per heavy atom. The molecule has 0 saturated heterocycles. The average Bonchev–Trinajstić information content (AvgIpc) is 2.51. The van der Waals surface area contributed by atoms with Gasteiger partial charge in [0.05, 0.1) is 26.0 Å². The maximum Gasteiger partial charge on any atom is 0.410 e. The number of rotatable bonds is 3. The highest BCUT2D eigenvalue weighted by atomic mass is 16.6. The van der Waals surface area contributed by atoms with E-state index in [1.165, 1.54) is 0 Å². The first-order chi connectivity index (χ1) is 11.2. The van der Waals surface area contributed by atoms with Crippen LogP contribution in [0.2, 0.25) is 0 Å². The van der Waals surface area contributed by atoms with E-state index in [1.54, 1.807) is 25.0 Å². The van der Waals surface area contributed by atoms with Crippen molar-refractivity contribution in [1.29, 1.82) is 0 Å². The van der Waals surface area contributed by atoms with Crippen LogP contribution in [-0.4, -0.2) is 47.8 Å². The van der Waals surface area contributed by atoms with Crippen LogP contribution in [0.4, 0.5) is 4.79 Å². The molecule has 0 N–H and O–H groups in total. The van der Waals surface area contributed by atoms with Gasteiger partial charge >= 0.3 is 12.1 Å². The molecule has 0 unspecified atom stereocenters. The largest absolute Gasteiger partial charge is 0.496 e. The summed E-state index contributed by atoms with van der Waals surface area (Å²) in [7, 11) is 1.55. The smallest absolute Gasteiger partial charge is 0.410 e. The maximum absolute atomic E-state index is 12.3.